The fourth-order valence-corrected chi connectivity index (χ4v) is 8.98. The third-order valence-corrected chi connectivity index (χ3v) is 13.5. The second-order valence-electron chi connectivity index (χ2n) is 20.0. The Balaban J connectivity index is 3.43. The first-order valence-electron chi connectivity index (χ1n) is 29.1. The second kappa shape index (κ2) is 54.9. The zero-order valence-corrected chi connectivity index (χ0v) is 43.7. The number of rotatable bonds is 54. The van der Waals surface area contributed by atoms with Gasteiger partial charge in [0.15, 0.2) is 0 Å². The quantitative estimate of drug-likeness (QED) is 0.0321. The minimum Gasteiger partial charge on any atom is -0.466 e. The van der Waals surface area contributed by atoms with E-state index >= 15 is 0 Å². The van der Waals surface area contributed by atoms with Gasteiger partial charge in [0.25, 0.3) is 0 Å². The molecule has 2 atom stereocenters. The molecular formula is C59H113NO5. The molecule has 384 valence electrons. The molecule has 0 heterocycles. The van der Waals surface area contributed by atoms with Crippen molar-refractivity contribution < 1.29 is 24.5 Å². The van der Waals surface area contributed by atoms with E-state index in [2.05, 4.69) is 43.5 Å². The summed E-state index contributed by atoms with van der Waals surface area (Å²) in [5.41, 5.74) is 0. The molecule has 6 heteroatoms. The van der Waals surface area contributed by atoms with Crippen LogP contribution in [0.1, 0.15) is 316 Å². The Bertz CT molecular complexity index is 1010. The first-order chi connectivity index (χ1) is 32.0. The summed E-state index contributed by atoms with van der Waals surface area (Å²) in [5, 5.41) is 23.2. The monoisotopic (exact) mass is 916 g/mol. The van der Waals surface area contributed by atoms with Crippen molar-refractivity contribution in [1.29, 1.82) is 0 Å². The number of amides is 1. The lowest BCUT2D eigenvalue weighted by Crippen LogP contribution is -2.45. The van der Waals surface area contributed by atoms with Gasteiger partial charge in [0.2, 0.25) is 5.91 Å². The molecule has 2 unspecified atom stereocenters. The van der Waals surface area contributed by atoms with E-state index in [1.54, 1.807) is 0 Å². The summed E-state index contributed by atoms with van der Waals surface area (Å²) in [6, 6.07) is -0.548. The van der Waals surface area contributed by atoms with E-state index in [-0.39, 0.29) is 18.5 Å². The molecule has 0 rings (SSSR count). The minimum absolute atomic E-state index is 0.00328. The van der Waals surface area contributed by atoms with Gasteiger partial charge < -0.3 is 20.3 Å². The molecule has 0 radical (unpaired) electrons. The number of hydrogen-bond acceptors (Lipinski definition) is 5. The van der Waals surface area contributed by atoms with E-state index in [1.807, 2.05) is 0 Å². The lowest BCUT2D eigenvalue weighted by atomic mass is 10.0. The van der Waals surface area contributed by atoms with Crippen molar-refractivity contribution in [2.45, 2.75) is 328 Å². The van der Waals surface area contributed by atoms with Crippen LogP contribution in [0, 0.1) is 0 Å². The Morgan fingerprint density at radius 3 is 1.09 bits per heavy atom. The van der Waals surface area contributed by atoms with Gasteiger partial charge in [0, 0.05) is 12.8 Å². The molecule has 3 N–H and O–H groups in total. The smallest absolute Gasteiger partial charge is 0.305 e. The van der Waals surface area contributed by atoms with E-state index in [4.69, 9.17) is 4.74 Å². The van der Waals surface area contributed by atoms with E-state index in [0.29, 0.717) is 25.9 Å². The number of hydrogen-bond donors (Lipinski definition) is 3. The summed E-state index contributed by atoms with van der Waals surface area (Å²) < 4.78 is 5.47. The summed E-state index contributed by atoms with van der Waals surface area (Å²) in [7, 11) is 0. The van der Waals surface area contributed by atoms with Crippen LogP contribution in [0.2, 0.25) is 0 Å². The molecule has 0 bridgehead atoms. The van der Waals surface area contributed by atoms with Gasteiger partial charge >= 0.3 is 5.97 Å². The Morgan fingerprint density at radius 2 is 0.723 bits per heavy atom. The highest BCUT2D eigenvalue weighted by molar-refractivity contribution is 5.76. The predicted molar refractivity (Wildman–Crippen MR) is 283 cm³/mol. The maximum Gasteiger partial charge on any atom is 0.305 e. The van der Waals surface area contributed by atoms with Gasteiger partial charge in [0.1, 0.15) is 0 Å². The van der Waals surface area contributed by atoms with Crippen LogP contribution in [-0.2, 0) is 14.3 Å². The number of ether oxygens (including phenoxy) is 1. The van der Waals surface area contributed by atoms with Crippen LogP contribution in [0.25, 0.3) is 0 Å². The van der Waals surface area contributed by atoms with Crippen molar-refractivity contribution in [2.24, 2.45) is 0 Å². The number of aliphatic hydroxyl groups excluding tert-OH is 2. The molecule has 6 nitrogen and oxygen atoms in total. The molecule has 1 amide bonds. The molecule has 0 spiro atoms. The summed E-state index contributed by atoms with van der Waals surface area (Å²) >= 11 is 0. The van der Waals surface area contributed by atoms with Crippen molar-refractivity contribution in [3.63, 3.8) is 0 Å². The Kier molecular flexibility index (Phi) is 53.5. The molecule has 0 aromatic rings. The zero-order chi connectivity index (χ0) is 47.2. The number of allylic oxidation sites excluding steroid dienone is 4. The average molecular weight is 917 g/mol. The fourth-order valence-electron chi connectivity index (χ4n) is 8.98. The van der Waals surface area contributed by atoms with Crippen LogP contribution in [0.4, 0.5) is 0 Å². The van der Waals surface area contributed by atoms with Gasteiger partial charge in [-0.2, -0.15) is 0 Å². The van der Waals surface area contributed by atoms with E-state index in [9.17, 15) is 19.8 Å². The maximum absolute atomic E-state index is 12.5. The molecule has 0 saturated heterocycles. The van der Waals surface area contributed by atoms with Crippen LogP contribution < -0.4 is 5.32 Å². The Hall–Kier alpha value is -1.66. The second-order valence-corrected chi connectivity index (χ2v) is 20.0. The summed E-state index contributed by atoms with van der Waals surface area (Å²) in [6.45, 7) is 4.94. The molecule has 0 aliphatic carbocycles. The first-order valence-corrected chi connectivity index (χ1v) is 29.1. The van der Waals surface area contributed by atoms with E-state index in [1.165, 1.54) is 238 Å². The normalized spacial score (nSPS) is 12.7. The topological polar surface area (TPSA) is 95.9 Å². The van der Waals surface area contributed by atoms with Crippen molar-refractivity contribution in [2.75, 3.05) is 13.2 Å². The SMILES string of the molecule is CCCCCCCCC/C=C\CCCCCCCC(=O)OCCCCCCCCCC/C=C\CCCCCCCCCC(=O)NC(CO)C(O)CCCCCCCCCCCCCCC. The maximum atomic E-state index is 12.5. The molecule has 65 heavy (non-hydrogen) atoms. The molecule has 0 aromatic carbocycles. The van der Waals surface area contributed by atoms with Gasteiger partial charge in [-0.05, 0) is 77.0 Å². The lowest BCUT2D eigenvalue weighted by Gasteiger charge is -2.22. The fraction of sp³-hybridized carbons (Fsp3) is 0.898. The number of esters is 1. The van der Waals surface area contributed by atoms with Gasteiger partial charge in [-0.15, -0.1) is 0 Å². The third-order valence-electron chi connectivity index (χ3n) is 13.5. The molecule has 0 fully saturated rings. The largest absolute Gasteiger partial charge is 0.466 e. The molecular weight excluding hydrogens is 803 g/mol. The van der Waals surface area contributed by atoms with E-state index < -0.39 is 12.1 Å². The van der Waals surface area contributed by atoms with Crippen LogP contribution >= 0.6 is 0 Å². The van der Waals surface area contributed by atoms with Crippen molar-refractivity contribution in [3.8, 4) is 0 Å². The average Bonchev–Trinajstić information content (AvgIpc) is 3.31. The van der Waals surface area contributed by atoms with Gasteiger partial charge in [-0.1, -0.05) is 250 Å². The number of unbranched alkanes of at least 4 members (excludes halogenated alkanes) is 39. The van der Waals surface area contributed by atoms with Crippen molar-refractivity contribution in [1.82, 2.24) is 5.32 Å². The summed E-state index contributed by atoms with van der Waals surface area (Å²) in [6.07, 6.45) is 66.0. The van der Waals surface area contributed by atoms with Crippen LogP contribution in [0.15, 0.2) is 24.3 Å². The highest BCUT2D eigenvalue weighted by Crippen LogP contribution is 2.17. The van der Waals surface area contributed by atoms with Gasteiger partial charge in [0.05, 0.1) is 25.4 Å². The van der Waals surface area contributed by atoms with Crippen LogP contribution in [-0.4, -0.2) is 47.4 Å². The lowest BCUT2D eigenvalue weighted by molar-refractivity contribution is -0.143. The van der Waals surface area contributed by atoms with Gasteiger partial charge in [-0.3, -0.25) is 9.59 Å². The highest BCUT2D eigenvalue weighted by Gasteiger charge is 2.20. The molecule has 0 aromatic heterocycles. The molecule has 0 aliphatic heterocycles. The number of nitrogens with one attached hydrogen (secondary N) is 1. The van der Waals surface area contributed by atoms with Gasteiger partial charge in [-0.25, -0.2) is 0 Å². The minimum atomic E-state index is -0.669. The molecule has 0 saturated carbocycles. The predicted octanol–water partition coefficient (Wildman–Crippen LogP) is 17.9. The van der Waals surface area contributed by atoms with Crippen LogP contribution in [0.3, 0.4) is 0 Å². The first kappa shape index (κ1) is 63.3. The molecule has 0 aliphatic rings. The zero-order valence-electron chi connectivity index (χ0n) is 43.7. The van der Waals surface area contributed by atoms with Crippen molar-refractivity contribution in [3.05, 3.63) is 24.3 Å². The number of aliphatic hydroxyl groups is 2. The van der Waals surface area contributed by atoms with Crippen LogP contribution in [0.5, 0.6) is 0 Å². The van der Waals surface area contributed by atoms with E-state index in [0.717, 1.165) is 44.9 Å². The standard InChI is InChI=1S/C59H113NO5/c1-3-5-7-9-11-13-15-17-18-25-29-33-37-41-45-49-53-59(64)65-54-50-46-42-38-34-30-26-23-21-19-20-22-24-28-32-36-40-44-48-52-58(63)60-56(55-61)57(62)51-47-43-39-35-31-27-16-14-12-10-8-6-4-2/h18-20,25,56-57,61-62H,3-17,21-24,26-55H2,1-2H3,(H,60,63)/b20-19-,25-18-. The highest BCUT2D eigenvalue weighted by atomic mass is 16.5. The summed E-state index contributed by atoms with van der Waals surface area (Å²) in [5.74, 6) is -0.0476. The van der Waals surface area contributed by atoms with Crippen molar-refractivity contribution >= 4 is 11.9 Å². The number of carbonyl (C=O) groups is 2. The Labute approximate surface area is 405 Å². The Morgan fingerprint density at radius 1 is 0.415 bits per heavy atom. The summed E-state index contributed by atoms with van der Waals surface area (Å²) in [4.78, 5) is 24.5. The third kappa shape index (κ3) is 51.6. The number of carbonyl (C=O) groups excluding carboxylic acids is 2.